The van der Waals surface area contributed by atoms with E-state index in [-0.39, 0.29) is 12.5 Å². The molecule has 2 aliphatic rings. The van der Waals surface area contributed by atoms with Crippen LogP contribution in [0.3, 0.4) is 0 Å². The lowest BCUT2D eigenvalue weighted by Gasteiger charge is -2.28. The number of carbonyl (C=O) groups is 2. The molecule has 2 aliphatic heterocycles. The van der Waals surface area contributed by atoms with Gasteiger partial charge in [0.15, 0.2) is 11.8 Å². The quantitative estimate of drug-likeness (QED) is 0.622. The van der Waals surface area contributed by atoms with E-state index < -0.39 is 5.91 Å². The number of hydrogen-bond donors (Lipinski definition) is 1. The monoisotopic (exact) mass is 464 g/mol. The van der Waals surface area contributed by atoms with Gasteiger partial charge in [-0.05, 0) is 86.0 Å². The Morgan fingerprint density at radius 1 is 1.09 bits per heavy atom. The van der Waals surface area contributed by atoms with Gasteiger partial charge >= 0.3 is 0 Å². The van der Waals surface area contributed by atoms with E-state index in [0.29, 0.717) is 22.4 Å². The molecule has 0 unspecified atom stereocenters. The van der Waals surface area contributed by atoms with Crippen LogP contribution in [0.1, 0.15) is 31.7 Å². The van der Waals surface area contributed by atoms with Crippen molar-refractivity contribution >= 4 is 46.2 Å². The average Bonchev–Trinajstić information content (AvgIpc) is 3.13. The Morgan fingerprint density at radius 2 is 1.79 bits per heavy atom. The molecule has 0 saturated carbocycles. The molecule has 2 amide bonds. The van der Waals surface area contributed by atoms with E-state index in [1.54, 1.807) is 17.0 Å². The summed E-state index contributed by atoms with van der Waals surface area (Å²) < 4.78 is 5.28. The first kappa shape index (κ1) is 22.9. The number of aliphatic imine (C=N–C) groups is 1. The van der Waals surface area contributed by atoms with E-state index in [1.807, 2.05) is 37.3 Å². The highest BCUT2D eigenvalue weighted by molar-refractivity contribution is 8.18. The van der Waals surface area contributed by atoms with Crippen molar-refractivity contribution in [1.82, 2.24) is 4.90 Å². The number of anilines is 1. The molecule has 2 N–H and O–H groups in total. The lowest BCUT2D eigenvalue weighted by Crippen LogP contribution is -2.29. The van der Waals surface area contributed by atoms with Crippen molar-refractivity contribution in [3.63, 3.8) is 0 Å². The standard InChI is InChI=1S/C25H28N4O3S/c1-2-29-24(31)22(16-18-6-12-21(13-7-18)32-17-23(26)30)33-25(29)27-19-8-10-20(11-9-19)28-14-4-3-5-15-28/h6-13,16H,2-5,14-15,17H2,1H3,(H2,26,30)/b22-16-,27-25?. The number of hydrogen-bond acceptors (Lipinski definition) is 6. The Balaban J connectivity index is 1.48. The summed E-state index contributed by atoms with van der Waals surface area (Å²) in [6, 6.07) is 15.4. The molecule has 2 aromatic carbocycles. The molecule has 172 valence electrons. The van der Waals surface area contributed by atoms with Gasteiger partial charge in [0.05, 0.1) is 10.6 Å². The van der Waals surface area contributed by atoms with Crippen LogP contribution in [0.2, 0.25) is 0 Å². The molecule has 4 rings (SSSR count). The highest BCUT2D eigenvalue weighted by atomic mass is 32.2. The summed E-state index contributed by atoms with van der Waals surface area (Å²) in [6.45, 7) is 4.54. The van der Waals surface area contributed by atoms with Crippen LogP contribution < -0.4 is 15.4 Å². The molecular formula is C25H28N4O3S. The minimum absolute atomic E-state index is 0.0553. The average molecular weight is 465 g/mol. The fourth-order valence-corrected chi connectivity index (χ4v) is 4.90. The van der Waals surface area contributed by atoms with E-state index in [9.17, 15) is 9.59 Å². The number of nitrogens with two attached hydrogens (primary N) is 1. The topological polar surface area (TPSA) is 88.2 Å². The maximum absolute atomic E-state index is 12.9. The number of nitrogens with zero attached hydrogens (tertiary/aromatic N) is 3. The van der Waals surface area contributed by atoms with Crippen LogP contribution in [-0.2, 0) is 9.59 Å². The number of amides is 2. The molecule has 0 radical (unpaired) electrons. The van der Waals surface area contributed by atoms with E-state index in [0.717, 1.165) is 24.3 Å². The number of rotatable bonds is 7. The summed E-state index contributed by atoms with van der Waals surface area (Å²) in [5.74, 6) is -0.0335. The molecule has 8 heteroatoms. The second-order valence-corrected chi connectivity index (χ2v) is 8.95. The van der Waals surface area contributed by atoms with Crippen LogP contribution in [0.15, 0.2) is 58.4 Å². The Hall–Kier alpha value is -3.26. The molecule has 0 aliphatic carbocycles. The summed E-state index contributed by atoms with van der Waals surface area (Å²) >= 11 is 1.38. The normalized spacial score (nSPS) is 18.9. The Morgan fingerprint density at radius 3 is 2.42 bits per heavy atom. The number of piperidine rings is 1. The number of amidine groups is 1. The van der Waals surface area contributed by atoms with E-state index >= 15 is 0 Å². The molecule has 0 spiro atoms. The van der Waals surface area contributed by atoms with Crippen LogP contribution in [-0.4, -0.2) is 48.1 Å². The molecule has 2 heterocycles. The number of likely N-dealkylation sites (N-methyl/N-ethyl adjacent to an activating group) is 1. The lowest BCUT2D eigenvalue weighted by molar-refractivity contribution is -0.122. The number of ether oxygens (including phenoxy) is 1. The summed E-state index contributed by atoms with van der Waals surface area (Å²) in [4.78, 5) is 33.2. The molecule has 2 fully saturated rings. The number of benzene rings is 2. The largest absolute Gasteiger partial charge is 0.484 e. The summed E-state index contributed by atoms with van der Waals surface area (Å²) in [5, 5.41) is 0.681. The Labute approximate surface area is 198 Å². The summed E-state index contributed by atoms with van der Waals surface area (Å²) in [5.41, 5.74) is 8.02. The van der Waals surface area contributed by atoms with Crippen molar-refractivity contribution in [1.29, 1.82) is 0 Å². The molecule has 7 nitrogen and oxygen atoms in total. The smallest absolute Gasteiger partial charge is 0.266 e. The van der Waals surface area contributed by atoms with E-state index in [2.05, 4.69) is 17.0 Å². The first-order valence-corrected chi connectivity index (χ1v) is 12.0. The van der Waals surface area contributed by atoms with Crippen molar-refractivity contribution in [3.05, 3.63) is 59.0 Å². The molecule has 0 aromatic heterocycles. The molecule has 0 atom stereocenters. The molecule has 0 bridgehead atoms. The minimum atomic E-state index is -0.526. The van der Waals surface area contributed by atoms with Crippen molar-refractivity contribution < 1.29 is 14.3 Å². The lowest BCUT2D eigenvalue weighted by atomic mass is 10.1. The predicted molar refractivity (Wildman–Crippen MR) is 134 cm³/mol. The third kappa shape index (κ3) is 5.76. The number of thioether (sulfide) groups is 1. The summed E-state index contributed by atoms with van der Waals surface area (Å²) in [7, 11) is 0. The maximum atomic E-state index is 12.9. The van der Waals surface area contributed by atoms with Gasteiger partial charge in [-0.1, -0.05) is 12.1 Å². The van der Waals surface area contributed by atoms with Crippen molar-refractivity contribution in [3.8, 4) is 5.75 Å². The van der Waals surface area contributed by atoms with E-state index in [1.165, 1.54) is 36.7 Å². The van der Waals surface area contributed by atoms with Crippen LogP contribution in [0.25, 0.3) is 6.08 Å². The van der Waals surface area contributed by atoms with Gasteiger partial charge in [0.1, 0.15) is 5.75 Å². The third-order valence-electron chi connectivity index (χ3n) is 5.56. The zero-order chi connectivity index (χ0) is 23.2. The highest BCUT2D eigenvalue weighted by Crippen LogP contribution is 2.34. The second kappa shape index (κ2) is 10.6. The zero-order valence-electron chi connectivity index (χ0n) is 18.7. The molecule has 33 heavy (non-hydrogen) atoms. The van der Waals surface area contributed by atoms with Gasteiger partial charge in [-0.15, -0.1) is 0 Å². The number of carbonyl (C=O) groups excluding carboxylic acids is 2. The fourth-order valence-electron chi connectivity index (χ4n) is 3.84. The molecular weight excluding hydrogens is 436 g/mol. The zero-order valence-corrected chi connectivity index (χ0v) is 19.5. The van der Waals surface area contributed by atoms with Gasteiger partial charge in [-0.3, -0.25) is 14.5 Å². The highest BCUT2D eigenvalue weighted by Gasteiger charge is 2.32. The number of primary amides is 1. The van der Waals surface area contributed by atoms with Gasteiger partial charge in [0, 0.05) is 25.3 Å². The van der Waals surface area contributed by atoms with Gasteiger partial charge in [-0.25, -0.2) is 4.99 Å². The van der Waals surface area contributed by atoms with Crippen molar-refractivity contribution in [2.75, 3.05) is 31.1 Å². The van der Waals surface area contributed by atoms with Gasteiger partial charge < -0.3 is 15.4 Å². The summed E-state index contributed by atoms with van der Waals surface area (Å²) in [6.07, 6.45) is 5.64. The third-order valence-corrected chi connectivity index (χ3v) is 6.57. The first-order valence-electron chi connectivity index (χ1n) is 11.2. The van der Waals surface area contributed by atoms with E-state index in [4.69, 9.17) is 15.5 Å². The van der Waals surface area contributed by atoms with Crippen LogP contribution in [0.4, 0.5) is 11.4 Å². The van der Waals surface area contributed by atoms with Crippen LogP contribution in [0.5, 0.6) is 5.75 Å². The molecule has 2 saturated heterocycles. The van der Waals surface area contributed by atoms with Gasteiger partial charge in [0.2, 0.25) is 0 Å². The van der Waals surface area contributed by atoms with Crippen molar-refractivity contribution in [2.45, 2.75) is 26.2 Å². The first-order chi connectivity index (χ1) is 16.0. The minimum Gasteiger partial charge on any atom is -0.484 e. The SMILES string of the molecule is CCN1C(=O)/C(=C/c2ccc(OCC(N)=O)cc2)SC1=Nc1ccc(N2CCCCC2)cc1. The van der Waals surface area contributed by atoms with Crippen LogP contribution >= 0.6 is 11.8 Å². The molecule has 2 aromatic rings. The fraction of sp³-hybridized carbons (Fsp3) is 0.320. The Kier molecular flexibility index (Phi) is 7.34. The van der Waals surface area contributed by atoms with Crippen LogP contribution in [0, 0.1) is 0 Å². The maximum Gasteiger partial charge on any atom is 0.266 e. The Bertz CT molecular complexity index is 1060. The van der Waals surface area contributed by atoms with Gasteiger partial charge in [-0.2, -0.15) is 0 Å². The van der Waals surface area contributed by atoms with Crippen molar-refractivity contribution in [2.24, 2.45) is 10.7 Å². The second-order valence-electron chi connectivity index (χ2n) is 7.94. The van der Waals surface area contributed by atoms with Gasteiger partial charge in [0.25, 0.3) is 11.8 Å². The predicted octanol–water partition coefficient (Wildman–Crippen LogP) is 4.16.